The summed E-state index contributed by atoms with van der Waals surface area (Å²) in [6, 6.07) is 12.9. The zero-order valence-electron chi connectivity index (χ0n) is 12.9. The Kier molecular flexibility index (Phi) is 4.06. The molecule has 0 N–H and O–H groups in total. The molecule has 0 aliphatic heterocycles. The third kappa shape index (κ3) is 3.06. The van der Waals surface area contributed by atoms with Gasteiger partial charge in [0.05, 0.1) is 6.54 Å². The number of hydrogen-bond acceptors (Lipinski definition) is 4. The number of imidazole rings is 1. The van der Waals surface area contributed by atoms with E-state index in [0.717, 1.165) is 15.7 Å². The third-order valence-electron chi connectivity index (χ3n) is 3.45. The van der Waals surface area contributed by atoms with Gasteiger partial charge in [0.15, 0.2) is 0 Å². The normalized spacial score (nSPS) is 12.0. The topological polar surface area (TPSA) is 68.3 Å². The number of hydrogen-bond donors (Lipinski definition) is 0. The first-order chi connectivity index (χ1) is 11.0. The van der Waals surface area contributed by atoms with Crippen LogP contribution in [-0.4, -0.2) is 36.4 Å². The van der Waals surface area contributed by atoms with Crippen molar-refractivity contribution in [3.63, 3.8) is 0 Å². The first-order valence-electron chi connectivity index (χ1n) is 7.06. The molecular weight excluding hydrogens is 314 g/mol. The summed E-state index contributed by atoms with van der Waals surface area (Å²) in [6.45, 7) is 0.410. The van der Waals surface area contributed by atoms with Crippen LogP contribution >= 0.6 is 0 Å². The molecule has 7 heteroatoms. The molecule has 6 nitrogen and oxygen atoms in total. The van der Waals surface area contributed by atoms with Crippen molar-refractivity contribution in [1.82, 2.24) is 13.9 Å². The van der Waals surface area contributed by atoms with Gasteiger partial charge >= 0.3 is 0 Å². The highest BCUT2D eigenvalue weighted by atomic mass is 32.2. The monoisotopic (exact) mass is 331 g/mol. The SMILES string of the molecule is CN(C)S(=O)(=O)c1ccc(Cn2ccnc2-c2ccccc2)o1. The molecule has 120 valence electrons. The van der Waals surface area contributed by atoms with E-state index < -0.39 is 10.0 Å². The Hall–Kier alpha value is -2.38. The lowest BCUT2D eigenvalue weighted by molar-refractivity contribution is 0.393. The van der Waals surface area contributed by atoms with Gasteiger partial charge in [-0.15, -0.1) is 0 Å². The first-order valence-corrected chi connectivity index (χ1v) is 8.50. The van der Waals surface area contributed by atoms with Gasteiger partial charge < -0.3 is 8.98 Å². The molecule has 0 unspecified atom stereocenters. The molecule has 3 aromatic rings. The molecule has 1 aromatic carbocycles. The van der Waals surface area contributed by atoms with E-state index in [1.807, 2.05) is 41.1 Å². The summed E-state index contributed by atoms with van der Waals surface area (Å²) in [6.07, 6.45) is 3.55. The van der Waals surface area contributed by atoms with Crippen LogP contribution in [0.15, 0.2) is 64.4 Å². The van der Waals surface area contributed by atoms with Crippen molar-refractivity contribution >= 4 is 10.0 Å². The molecule has 0 radical (unpaired) electrons. The second-order valence-electron chi connectivity index (χ2n) is 5.25. The van der Waals surface area contributed by atoms with Crippen molar-refractivity contribution in [3.8, 4) is 11.4 Å². The maximum absolute atomic E-state index is 12.0. The molecule has 2 aromatic heterocycles. The molecule has 0 spiro atoms. The second kappa shape index (κ2) is 6.02. The van der Waals surface area contributed by atoms with Gasteiger partial charge in [-0.1, -0.05) is 30.3 Å². The summed E-state index contributed by atoms with van der Waals surface area (Å²) in [5.41, 5.74) is 0.991. The Morgan fingerprint density at radius 2 is 1.87 bits per heavy atom. The maximum atomic E-state index is 12.0. The fraction of sp³-hybridized carbons (Fsp3) is 0.188. The molecule has 0 fully saturated rings. The average molecular weight is 331 g/mol. The summed E-state index contributed by atoms with van der Waals surface area (Å²) in [5.74, 6) is 1.36. The number of furan rings is 1. The van der Waals surface area contributed by atoms with Crippen LogP contribution in [0.25, 0.3) is 11.4 Å². The van der Waals surface area contributed by atoms with Crippen LogP contribution in [0.2, 0.25) is 0 Å². The number of sulfonamides is 1. The van der Waals surface area contributed by atoms with E-state index >= 15 is 0 Å². The molecule has 3 rings (SSSR count). The molecule has 0 atom stereocenters. The van der Waals surface area contributed by atoms with E-state index in [9.17, 15) is 8.42 Å². The number of nitrogens with zero attached hydrogens (tertiary/aromatic N) is 3. The van der Waals surface area contributed by atoms with Crippen LogP contribution in [-0.2, 0) is 16.6 Å². The summed E-state index contributed by atoms with van der Waals surface area (Å²) >= 11 is 0. The molecule has 0 saturated carbocycles. The molecule has 23 heavy (non-hydrogen) atoms. The lowest BCUT2D eigenvalue weighted by Gasteiger charge is -2.08. The van der Waals surface area contributed by atoms with E-state index in [1.165, 1.54) is 20.2 Å². The van der Waals surface area contributed by atoms with Gasteiger partial charge in [0, 0.05) is 32.1 Å². The minimum absolute atomic E-state index is 0.0566. The fourth-order valence-corrected chi connectivity index (χ4v) is 3.03. The highest BCUT2D eigenvalue weighted by Gasteiger charge is 2.21. The van der Waals surface area contributed by atoms with E-state index in [4.69, 9.17) is 4.42 Å². The smallest absolute Gasteiger partial charge is 0.275 e. The van der Waals surface area contributed by atoms with Crippen LogP contribution in [0.3, 0.4) is 0 Å². The molecular formula is C16H17N3O3S. The summed E-state index contributed by atoms with van der Waals surface area (Å²) in [5, 5.41) is -0.0566. The molecule has 0 aliphatic carbocycles. The van der Waals surface area contributed by atoms with Crippen molar-refractivity contribution in [2.75, 3.05) is 14.1 Å². The van der Waals surface area contributed by atoms with E-state index in [0.29, 0.717) is 12.3 Å². The quantitative estimate of drug-likeness (QED) is 0.720. The van der Waals surface area contributed by atoms with Gasteiger partial charge in [-0.05, 0) is 12.1 Å². The van der Waals surface area contributed by atoms with Crippen molar-refractivity contribution in [2.45, 2.75) is 11.6 Å². The van der Waals surface area contributed by atoms with Gasteiger partial charge in [-0.25, -0.2) is 17.7 Å². The van der Waals surface area contributed by atoms with Gasteiger partial charge in [-0.2, -0.15) is 0 Å². The first kappa shape index (κ1) is 15.5. The number of aromatic nitrogens is 2. The minimum Gasteiger partial charge on any atom is -0.446 e. The number of rotatable bonds is 5. The van der Waals surface area contributed by atoms with Crippen LogP contribution in [0.4, 0.5) is 0 Å². The minimum atomic E-state index is -3.56. The highest BCUT2D eigenvalue weighted by Crippen LogP contribution is 2.21. The van der Waals surface area contributed by atoms with Gasteiger partial charge in [0.25, 0.3) is 10.0 Å². The predicted molar refractivity (Wildman–Crippen MR) is 86.3 cm³/mol. The Bertz CT molecular complexity index is 896. The molecule has 0 amide bonds. The Balaban J connectivity index is 1.88. The average Bonchev–Trinajstić information content (AvgIpc) is 3.18. The van der Waals surface area contributed by atoms with Gasteiger partial charge in [-0.3, -0.25) is 0 Å². The Labute approximate surface area is 135 Å². The standard InChI is InChI=1S/C16H17N3O3S/c1-18(2)23(20,21)15-9-8-14(22-15)12-19-11-10-17-16(19)13-6-4-3-5-7-13/h3-11H,12H2,1-2H3. The van der Waals surface area contributed by atoms with Crippen LogP contribution in [0.5, 0.6) is 0 Å². The maximum Gasteiger partial charge on any atom is 0.275 e. The van der Waals surface area contributed by atoms with Crippen molar-refractivity contribution in [3.05, 3.63) is 60.6 Å². The van der Waals surface area contributed by atoms with Crippen molar-refractivity contribution in [1.29, 1.82) is 0 Å². The van der Waals surface area contributed by atoms with Crippen molar-refractivity contribution < 1.29 is 12.8 Å². The van der Waals surface area contributed by atoms with Crippen LogP contribution < -0.4 is 0 Å². The van der Waals surface area contributed by atoms with E-state index in [-0.39, 0.29) is 5.09 Å². The Morgan fingerprint density at radius 3 is 2.57 bits per heavy atom. The van der Waals surface area contributed by atoms with Gasteiger partial charge in [0.1, 0.15) is 11.6 Å². The summed E-state index contributed by atoms with van der Waals surface area (Å²) < 4.78 is 32.6. The third-order valence-corrected chi connectivity index (χ3v) is 5.13. The second-order valence-corrected chi connectivity index (χ2v) is 7.34. The highest BCUT2D eigenvalue weighted by molar-refractivity contribution is 7.88. The lowest BCUT2D eigenvalue weighted by atomic mass is 10.2. The lowest BCUT2D eigenvalue weighted by Crippen LogP contribution is -2.21. The fourth-order valence-electron chi connectivity index (χ4n) is 2.21. The van der Waals surface area contributed by atoms with Crippen molar-refractivity contribution in [2.24, 2.45) is 0 Å². The summed E-state index contributed by atoms with van der Waals surface area (Å²) in [7, 11) is -0.609. The predicted octanol–water partition coefficient (Wildman–Crippen LogP) is 2.44. The molecule has 0 bridgehead atoms. The van der Waals surface area contributed by atoms with Crippen LogP contribution in [0.1, 0.15) is 5.76 Å². The zero-order valence-corrected chi connectivity index (χ0v) is 13.7. The summed E-state index contributed by atoms with van der Waals surface area (Å²) in [4.78, 5) is 4.36. The molecule has 0 aliphatic rings. The van der Waals surface area contributed by atoms with E-state index in [2.05, 4.69) is 4.98 Å². The number of benzene rings is 1. The largest absolute Gasteiger partial charge is 0.446 e. The Morgan fingerprint density at radius 1 is 1.13 bits per heavy atom. The van der Waals surface area contributed by atoms with Crippen LogP contribution in [0, 0.1) is 0 Å². The van der Waals surface area contributed by atoms with Gasteiger partial charge in [0.2, 0.25) is 5.09 Å². The zero-order chi connectivity index (χ0) is 16.4. The molecule has 0 saturated heterocycles. The molecule has 2 heterocycles. The van der Waals surface area contributed by atoms with E-state index in [1.54, 1.807) is 12.3 Å².